The second-order valence-corrected chi connectivity index (χ2v) is 12.7. The minimum absolute atomic E-state index is 0.265. The number of imide groups is 2. The van der Waals surface area contributed by atoms with E-state index in [1.807, 2.05) is 0 Å². The van der Waals surface area contributed by atoms with E-state index >= 15 is 0 Å². The molecule has 0 saturated heterocycles. The Bertz CT molecular complexity index is 1260. The number of alkyl carbamates (subject to hydrolysis) is 2. The fourth-order valence-corrected chi connectivity index (χ4v) is 2.58. The highest BCUT2D eigenvalue weighted by Crippen LogP contribution is 2.24. The molecule has 0 bridgehead atoms. The number of aromatic nitrogens is 2. The van der Waals surface area contributed by atoms with Crippen LogP contribution in [0.2, 0.25) is 0 Å². The molecule has 16 heteroatoms. The molecule has 0 aliphatic rings. The van der Waals surface area contributed by atoms with Crippen LogP contribution in [0.1, 0.15) is 88.6 Å². The van der Waals surface area contributed by atoms with Crippen LogP contribution >= 0.6 is 0 Å². The molecule has 0 atom stereocenters. The number of hydrogen-bond acceptors (Lipinski definition) is 12. The number of amides is 5. The SMILES string of the molecule is CC(C)(C)OC(=O)/N=C(\OC(=O)NC(=O)OC(C)(C)C)c1c[nH]c(=O)nc1N(C(=O)OC(C)(C)C)C(=O)OC(C)(C)C. The van der Waals surface area contributed by atoms with E-state index in [0.29, 0.717) is 0 Å². The molecule has 0 radical (unpaired) electrons. The van der Waals surface area contributed by atoms with Crippen LogP contribution in [0.5, 0.6) is 0 Å². The van der Waals surface area contributed by atoms with Gasteiger partial charge in [-0.05, 0) is 83.1 Å². The van der Waals surface area contributed by atoms with Crippen molar-refractivity contribution in [1.29, 1.82) is 0 Å². The summed E-state index contributed by atoms with van der Waals surface area (Å²) in [5.41, 5.74) is -5.88. The molecule has 0 spiro atoms. The van der Waals surface area contributed by atoms with E-state index in [9.17, 15) is 28.8 Å². The third-order valence-electron chi connectivity index (χ3n) is 3.76. The number of ether oxygens (including phenoxy) is 5. The van der Waals surface area contributed by atoms with Gasteiger partial charge in [-0.3, -0.25) is 0 Å². The van der Waals surface area contributed by atoms with Crippen LogP contribution in [0.4, 0.5) is 29.8 Å². The quantitative estimate of drug-likeness (QED) is 0.268. The highest BCUT2D eigenvalue weighted by Gasteiger charge is 2.37. The number of rotatable bonds is 2. The maximum absolute atomic E-state index is 13.2. The van der Waals surface area contributed by atoms with Gasteiger partial charge in [0, 0.05) is 6.20 Å². The van der Waals surface area contributed by atoms with Crippen molar-refractivity contribution in [2.75, 3.05) is 4.90 Å². The summed E-state index contributed by atoms with van der Waals surface area (Å²) in [5.74, 6) is -1.71. The summed E-state index contributed by atoms with van der Waals surface area (Å²) in [4.78, 5) is 85.8. The van der Waals surface area contributed by atoms with Gasteiger partial charge in [0.05, 0.1) is 5.56 Å². The number of carbonyl (C=O) groups excluding carboxylic acids is 5. The predicted molar refractivity (Wildman–Crippen MR) is 148 cm³/mol. The Labute approximate surface area is 243 Å². The minimum Gasteiger partial charge on any atom is -0.443 e. The van der Waals surface area contributed by atoms with Gasteiger partial charge in [-0.2, -0.15) is 9.88 Å². The topological polar surface area (TPSA) is 205 Å². The molecule has 0 unspecified atom stereocenters. The van der Waals surface area contributed by atoms with E-state index in [0.717, 1.165) is 6.20 Å². The minimum atomic E-state index is -1.48. The van der Waals surface area contributed by atoms with Gasteiger partial charge in [-0.25, -0.2) is 34.1 Å². The van der Waals surface area contributed by atoms with E-state index in [4.69, 9.17) is 23.7 Å². The number of nitrogens with zero attached hydrogens (tertiary/aromatic N) is 3. The maximum Gasteiger partial charge on any atom is 0.437 e. The van der Waals surface area contributed by atoms with Gasteiger partial charge in [-0.1, -0.05) is 0 Å². The van der Waals surface area contributed by atoms with Crippen LogP contribution in [0.15, 0.2) is 16.0 Å². The van der Waals surface area contributed by atoms with Gasteiger partial charge in [0.2, 0.25) is 5.90 Å². The van der Waals surface area contributed by atoms with Crippen LogP contribution < -0.4 is 15.9 Å². The lowest BCUT2D eigenvalue weighted by Gasteiger charge is -2.28. The Kier molecular flexibility index (Phi) is 11.0. The number of H-pyrrole nitrogens is 1. The molecule has 1 rings (SSSR count). The molecule has 1 aromatic rings. The van der Waals surface area contributed by atoms with E-state index < -0.39 is 75.8 Å². The zero-order valence-corrected chi connectivity index (χ0v) is 25.9. The third-order valence-corrected chi connectivity index (χ3v) is 3.76. The van der Waals surface area contributed by atoms with Crippen LogP contribution in [-0.4, -0.2) is 68.7 Å². The van der Waals surface area contributed by atoms with Gasteiger partial charge in [0.15, 0.2) is 5.82 Å². The number of aromatic amines is 1. The summed E-state index contributed by atoms with van der Waals surface area (Å²) < 4.78 is 25.9. The molecule has 0 fully saturated rings. The summed E-state index contributed by atoms with van der Waals surface area (Å²) in [6, 6.07) is 0. The van der Waals surface area contributed by atoms with Gasteiger partial charge < -0.3 is 28.7 Å². The number of anilines is 1. The lowest BCUT2D eigenvalue weighted by atomic mass is 10.2. The molecule has 0 aliphatic carbocycles. The molecule has 16 nitrogen and oxygen atoms in total. The molecular formula is C26H39N5O11. The Hall–Kier alpha value is -4.50. The largest absolute Gasteiger partial charge is 0.443 e. The lowest BCUT2D eigenvalue weighted by Crippen LogP contribution is -2.45. The van der Waals surface area contributed by atoms with Crippen molar-refractivity contribution in [3.05, 3.63) is 22.2 Å². The highest BCUT2D eigenvalue weighted by atomic mass is 16.6. The molecular weight excluding hydrogens is 558 g/mol. The number of aliphatic imine (C=N–C) groups is 1. The molecule has 0 saturated carbocycles. The summed E-state index contributed by atoms with van der Waals surface area (Å²) in [6.45, 7) is 18.4. The first-order valence-electron chi connectivity index (χ1n) is 12.7. The fraction of sp³-hybridized carbons (Fsp3) is 0.615. The second kappa shape index (κ2) is 13.0. The average molecular weight is 598 g/mol. The first-order chi connectivity index (χ1) is 18.8. The molecule has 1 aromatic heterocycles. The summed E-state index contributed by atoms with van der Waals surface area (Å²) >= 11 is 0. The Balaban J connectivity index is 3.82. The third kappa shape index (κ3) is 13.2. The molecule has 0 aromatic carbocycles. The molecule has 0 aliphatic heterocycles. The van der Waals surface area contributed by atoms with Crippen molar-refractivity contribution in [1.82, 2.24) is 15.3 Å². The molecule has 42 heavy (non-hydrogen) atoms. The van der Waals surface area contributed by atoms with Crippen LogP contribution in [0, 0.1) is 0 Å². The van der Waals surface area contributed by atoms with Gasteiger partial charge in [0.1, 0.15) is 22.4 Å². The van der Waals surface area contributed by atoms with Gasteiger partial charge >= 0.3 is 36.2 Å². The number of carbonyl (C=O) groups is 5. The predicted octanol–water partition coefficient (Wildman–Crippen LogP) is 4.79. The van der Waals surface area contributed by atoms with E-state index in [2.05, 4.69) is 15.0 Å². The number of hydrogen-bond donors (Lipinski definition) is 2. The van der Waals surface area contributed by atoms with Gasteiger partial charge in [0.25, 0.3) is 0 Å². The van der Waals surface area contributed by atoms with Crippen LogP contribution in [0.3, 0.4) is 0 Å². The zero-order valence-electron chi connectivity index (χ0n) is 25.9. The van der Waals surface area contributed by atoms with Crippen molar-refractivity contribution >= 4 is 42.2 Å². The summed E-state index contributed by atoms with van der Waals surface area (Å²) in [5, 5.41) is 1.78. The number of nitrogens with one attached hydrogen (secondary N) is 2. The summed E-state index contributed by atoms with van der Waals surface area (Å²) in [7, 11) is 0. The summed E-state index contributed by atoms with van der Waals surface area (Å²) in [6.07, 6.45) is -5.76. The highest BCUT2D eigenvalue weighted by molar-refractivity contribution is 6.15. The van der Waals surface area contributed by atoms with Gasteiger partial charge in [-0.15, -0.1) is 4.99 Å². The van der Waals surface area contributed by atoms with Crippen molar-refractivity contribution < 1.29 is 47.7 Å². The first kappa shape index (κ1) is 35.5. The van der Waals surface area contributed by atoms with Crippen molar-refractivity contribution in [2.45, 2.75) is 105 Å². The molecule has 1 heterocycles. The van der Waals surface area contributed by atoms with E-state index in [1.54, 1.807) is 26.1 Å². The van der Waals surface area contributed by atoms with Crippen molar-refractivity contribution in [3.8, 4) is 0 Å². The second-order valence-electron chi connectivity index (χ2n) is 12.7. The van der Waals surface area contributed by atoms with Crippen molar-refractivity contribution in [3.63, 3.8) is 0 Å². The van der Waals surface area contributed by atoms with Crippen molar-refractivity contribution in [2.24, 2.45) is 4.99 Å². The molecule has 2 N–H and O–H groups in total. The zero-order chi connectivity index (χ0) is 32.8. The Morgan fingerprint density at radius 1 is 0.738 bits per heavy atom. The van der Waals surface area contributed by atoms with E-state index in [1.165, 1.54) is 62.3 Å². The fourth-order valence-electron chi connectivity index (χ4n) is 2.58. The average Bonchev–Trinajstić information content (AvgIpc) is 2.67. The first-order valence-corrected chi connectivity index (χ1v) is 12.7. The maximum atomic E-state index is 13.2. The lowest BCUT2D eigenvalue weighted by molar-refractivity contribution is 0.0425. The molecule has 5 amide bonds. The standard InChI is InChI=1S/C26H39N5O11/c1-23(2,3)39-19(34)29-16(38-18(33)30-20(35)40-24(4,5)6)14-13-27-17(32)28-15(14)31(21(36)41-25(7,8)9)22(37)42-26(10,11)12/h13H,1-12H3,(H,27,28,32)(H,30,33,35)/b29-16-. The normalized spacial score (nSPS) is 12.5. The van der Waals surface area contributed by atoms with Crippen LogP contribution in [-0.2, 0) is 23.7 Å². The Morgan fingerprint density at radius 2 is 1.19 bits per heavy atom. The Morgan fingerprint density at radius 3 is 1.62 bits per heavy atom. The molecule has 234 valence electrons. The smallest absolute Gasteiger partial charge is 0.437 e. The van der Waals surface area contributed by atoms with E-state index in [-0.39, 0.29) is 4.90 Å². The van der Waals surface area contributed by atoms with Crippen LogP contribution in [0.25, 0.3) is 0 Å². The monoisotopic (exact) mass is 597 g/mol.